The molecule has 1 aromatic rings. The number of nitrogens with one attached hydrogen (secondary N) is 3. The van der Waals surface area contributed by atoms with Gasteiger partial charge in [-0.05, 0) is 56.1 Å². The number of likely N-dealkylation sites (N-methyl/N-ethyl adjacent to an activating group) is 1. The van der Waals surface area contributed by atoms with Gasteiger partial charge in [0.15, 0.2) is 5.96 Å². The molecule has 2 unspecified atom stereocenters. The molecular weight excluding hydrogens is 473 g/mol. The summed E-state index contributed by atoms with van der Waals surface area (Å²) in [5.74, 6) is 0.977. The summed E-state index contributed by atoms with van der Waals surface area (Å²) in [5, 5.41) is 15.0. The molecular formula is C25H35Cl2N5O2. The lowest BCUT2D eigenvalue weighted by Gasteiger charge is -2.36. The highest BCUT2D eigenvalue weighted by Gasteiger charge is 2.49. The summed E-state index contributed by atoms with van der Waals surface area (Å²) < 4.78 is 0. The summed E-state index contributed by atoms with van der Waals surface area (Å²) in [4.78, 5) is 31.5. The number of carbonyl (C=O) groups excluding carboxylic acids is 2. The standard InChI is InChI=1S/C25H35Cl2N5O2/c1-32-23(34)25(31-24(32)28,11-10-16-6-3-2-4-7-16)15-17-8-5-9-19(12-17)29-22(33)18-13-20(26)30-21(27)14-18/h13-14,16-17,19H,2-12,15H2,1H3,(H2,28,31)(H,29,33)/t17?,19?,25-/m1/s1. The summed E-state index contributed by atoms with van der Waals surface area (Å²) in [6.45, 7) is 0. The van der Waals surface area contributed by atoms with Crippen LogP contribution in [0.3, 0.4) is 0 Å². The molecule has 3 aliphatic rings. The molecule has 4 rings (SSSR count). The van der Waals surface area contributed by atoms with Crippen molar-refractivity contribution < 1.29 is 9.59 Å². The number of rotatable bonds is 7. The van der Waals surface area contributed by atoms with Crippen LogP contribution in [0.15, 0.2) is 12.1 Å². The van der Waals surface area contributed by atoms with Crippen LogP contribution in [0, 0.1) is 17.2 Å². The number of guanidine groups is 1. The third kappa shape index (κ3) is 5.85. The van der Waals surface area contributed by atoms with Crippen molar-refractivity contribution in [1.82, 2.24) is 20.5 Å². The Kier molecular flexibility index (Phi) is 8.03. The smallest absolute Gasteiger partial charge is 0.254 e. The quantitative estimate of drug-likeness (QED) is 0.443. The summed E-state index contributed by atoms with van der Waals surface area (Å²) in [6, 6.07) is 3.07. The number of carbonyl (C=O) groups is 2. The molecule has 186 valence electrons. The second kappa shape index (κ2) is 10.8. The number of amides is 2. The van der Waals surface area contributed by atoms with E-state index in [1.54, 1.807) is 7.05 Å². The van der Waals surface area contributed by atoms with Gasteiger partial charge in [-0.2, -0.15) is 0 Å². The van der Waals surface area contributed by atoms with Crippen molar-refractivity contribution in [1.29, 1.82) is 5.41 Å². The van der Waals surface area contributed by atoms with Gasteiger partial charge in [-0.15, -0.1) is 0 Å². The van der Waals surface area contributed by atoms with Crippen LogP contribution in [0.25, 0.3) is 0 Å². The monoisotopic (exact) mass is 507 g/mol. The zero-order valence-electron chi connectivity index (χ0n) is 19.8. The Balaban J connectivity index is 1.41. The molecule has 3 atom stereocenters. The van der Waals surface area contributed by atoms with Crippen LogP contribution in [-0.4, -0.2) is 46.3 Å². The summed E-state index contributed by atoms with van der Waals surface area (Å²) >= 11 is 11.9. The highest BCUT2D eigenvalue weighted by Crippen LogP contribution is 2.38. The van der Waals surface area contributed by atoms with Gasteiger partial charge in [0.2, 0.25) is 0 Å². The number of hydrogen-bond donors (Lipinski definition) is 3. The molecule has 0 aromatic carbocycles. The van der Waals surface area contributed by atoms with Gasteiger partial charge in [-0.1, -0.05) is 68.1 Å². The van der Waals surface area contributed by atoms with Gasteiger partial charge in [0.25, 0.3) is 11.8 Å². The first-order valence-electron chi connectivity index (χ1n) is 12.5. The summed E-state index contributed by atoms with van der Waals surface area (Å²) in [5.41, 5.74) is -0.301. The first kappa shape index (κ1) is 25.2. The Bertz CT molecular complexity index is 916. The first-order valence-corrected chi connectivity index (χ1v) is 13.3. The van der Waals surface area contributed by atoms with Crippen LogP contribution in [0.1, 0.15) is 87.4 Å². The van der Waals surface area contributed by atoms with Crippen molar-refractivity contribution in [2.75, 3.05) is 7.05 Å². The molecule has 2 aliphatic carbocycles. The number of hydrogen-bond acceptors (Lipinski definition) is 4. The molecule has 9 heteroatoms. The van der Waals surface area contributed by atoms with Crippen molar-refractivity contribution in [3.05, 3.63) is 28.0 Å². The van der Waals surface area contributed by atoms with E-state index >= 15 is 0 Å². The molecule has 1 aliphatic heterocycles. The molecule has 3 fully saturated rings. The summed E-state index contributed by atoms with van der Waals surface area (Å²) in [7, 11) is 1.69. The highest BCUT2D eigenvalue weighted by molar-refractivity contribution is 6.33. The third-order valence-electron chi connectivity index (χ3n) is 7.89. The SMILES string of the molecule is CN1C(=N)N[C@](CCC2CCCCC2)(CC2CCCC(NC(=O)c3cc(Cl)nc(Cl)c3)C2)C1=O. The van der Waals surface area contributed by atoms with Gasteiger partial charge in [0, 0.05) is 18.7 Å². The van der Waals surface area contributed by atoms with Gasteiger partial charge in [0.05, 0.1) is 0 Å². The van der Waals surface area contributed by atoms with Crippen molar-refractivity contribution in [2.45, 2.75) is 88.6 Å². The number of halogens is 2. The Morgan fingerprint density at radius 3 is 2.47 bits per heavy atom. The van der Waals surface area contributed by atoms with E-state index in [0.717, 1.165) is 38.5 Å². The predicted octanol–water partition coefficient (Wildman–Crippen LogP) is 5.16. The maximum atomic E-state index is 13.3. The first-order chi connectivity index (χ1) is 16.3. The molecule has 0 radical (unpaired) electrons. The van der Waals surface area contributed by atoms with Crippen molar-refractivity contribution >= 4 is 41.0 Å². The maximum absolute atomic E-state index is 13.3. The van der Waals surface area contributed by atoms with Gasteiger partial charge >= 0.3 is 0 Å². The highest BCUT2D eigenvalue weighted by atomic mass is 35.5. The zero-order valence-corrected chi connectivity index (χ0v) is 21.4. The molecule has 7 nitrogen and oxygen atoms in total. The van der Waals surface area contributed by atoms with Crippen molar-refractivity contribution in [3.63, 3.8) is 0 Å². The molecule has 1 saturated heterocycles. The lowest BCUT2D eigenvalue weighted by molar-refractivity contribution is -0.131. The van der Waals surface area contributed by atoms with Gasteiger partial charge < -0.3 is 10.6 Å². The Morgan fingerprint density at radius 2 is 1.82 bits per heavy atom. The summed E-state index contributed by atoms with van der Waals surface area (Å²) in [6.07, 6.45) is 12.6. The van der Waals surface area contributed by atoms with E-state index in [1.165, 1.54) is 49.1 Å². The van der Waals surface area contributed by atoms with Crippen molar-refractivity contribution in [3.8, 4) is 0 Å². The molecule has 0 spiro atoms. The van der Waals surface area contributed by atoms with Crippen LogP contribution >= 0.6 is 23.2 Å². The molecule has 3 N–H and O–H groups in total. The van der Waals surface area contributed by atoms with Crippen LogP contribution in [0.4, 0.5) is 0 Å². The lowest BCUT2D eigenvalue weighted by Crippen LogP contribution is -2.50. The Labute approximate surface area is 211 Å². The normalized spacial score (nSPS) is 28.1. The van der Waals surface area contributed by atoms with E-state index in [4.69, 9.17) is 28.6 Å². The second-order valence-corrected chi connectivity index (χ2v) is 11.1. The fraction of sp³-hybridized carbons (Fsp3) is 0.680. The van der Waals surface area contributed by atoms with E-state index in [1.807, 2.05) is 0 Å². The van der Waals surface area contributed by atoms with Crippen LogP contribution in [-0.2, 0) is 4.79 Å². The minimum Gasteiger partial charge on any atom is -0.349 e. The number of nitrogens with zero attached hydrogens (tertiary/aromatic N) is 2. The molecule has 34 heavy (non-hydrogen) atoms. The van der Waals surface area contributed by atoms with Crippen LogP contribution in [0.5, 0.6) is 0 Å². The van der Waals surface area contributed by atoms with E-state index in [2.05, 4.69) is 15.6 Å². The van der Waals surface area contributed by atoms with E-state index in [-0.39, 0.29) is 34.1 Å². The second-order valence-electron chi connectivity index (χ2n) is 10.4. The van der Waals surface area contributed by atoms with E-state index in [0.29, 0.717) is 23.8 Å². The predicted molar refractivity (Wildman–Crippen MR) is 134 cm³/mol. The minimum atomic E-state index is -0.702. The Hall–Kier alpha value is -1.86. The van der Waals surface area contributed by atoms with Gasteiger partial charge in [0.1, 0.15) is 15.8 Å². The average Bonchev–Trinajstić information content (AvgIpc) is 3.01. The molecule has 2 amide bonds. The topological polar surface area (TPSA) is 98.2 Å². The van der Waals surface area contributed by atoms with Crippen LogP contribution < -0.4 is 10.6 Å². The molecule has 0 bridgehead atoms. The van der Waals surface area contributed by atoms with Gasteiger partial charge in [-0.25, -0.2) is 4.98 Å². The van der Waals surface area contributed by atoms with Crippen molar-refractivity contribution in [2.24, 2.45) is 11.8 Å². The lowest BCUT2D eigenvalue weighted by atomic mass is 9.74. The third-order valence-corrected chi connectivity index (χ3v) is 8.28. The number of pyridine rings is 1. The minimum absolute atomic E-state index is 0.0144. The molecule has 1 aromatic heterocycles. The zero-order chi connectivity index (χ0) is 24.3. The number of aromatic nitrogens is 1. The Morgan fingerprint density at radius 1 is 1.15 bits per heavy atom. The van der Waals surface area contributed by atoms with E-state index < -0.39 is 5.54 Å². The molecule has 2 heterocycles. The maximum Gasteiger partial charge on any atom is 0.254 e. The fourth-order valence-corrected chi connectivity index (χ4v) is 6.55. The largest absolute Gasteiger partial charge is 0.349 e. The average molecular weight is 508 g/mol. The van der Waals surface area contributed by atoms with Crippen LogP contribution in [0.2, 0.25) is 10.3 Å². The molecule has 2 saturated carbocycles. The van der Waals surface area contributed by atoms with Gasteiger partial charge in [-0.3, -0.25) is 19.9 Å². The fourth-order valence-electron chi connectivity index (χ4n) is 6.09. The van der Waals surface area contributed by atoms with E-state index in [9.17, 15) is 9.59 Å².